The Morgan fingerprint density at radius 2 is 2.29 bits per heavy atom. The van der Waals surface area contributed by atoms with Gasteiger partial charge in [0.05, 0.1) is 18.3 Å². The molecule has 0 aliphatic carbocycles. The fourth-order valence-electron chi connectivity index (χ4n) is 2.99. The van der Waals surface area contributed by atoms with Gasteiger partial charge in [0.2, 0.25) is 0 Å². The first-order valence-electron chi connectivity index (χ1n) is 7.43. The Labute approximate surface area is 124 Å². The van der Waals surface area contributed by atoms with E-state index >= 15 is 0 Å². The minimum atomic E-state index is -0.306. The summed E-state index contributed by atoms with van der Waals surface area (Å²) in [5, 5.41) is 21.7. The van der Waals surface area contributed by atoms with Crippen LogP contribution in [0, 0.1) is 12.8 Å². The van der Waals surface area contributed by atoms with Crippen molar-refractivity contribution in [2.45, 2.75) is 39.5 Å². The molecule has 1 fully saturated rings. The Kier molecular flexibility index (Phi) is 4.03. The van der Waals surface area contributed by atoms with Gasteiger partial charge in [0.25, 0.3) is 0 Å². The molecule has 0 bridgehead atoms. The van der Waals surface area contributed by atoms with Crippen LogP contribution < -0.4 is 0 Å². The molecule has 114 valence electrons. The Balaban J connectivity index is 1.60. The van der Waals surface area contributed by atoms with Crippen molar-refractivity contribution in [1.29, 1.82) is 0 Å². The van der Waals surface area contributed by atoms with Crippen molar-refractivity contribution in [2.24, 2.45) is 5.92 Å². The average molecular weight is 290 g/mol. The largest absolute Gasteiger partial charge is 0.391 e. The molecule has 0 radical (unpaired) electrons. The topological polar surface area (TPSA) is 82.9 Å². The lowest BCUT2D eigenvalue weighted by molar-refractivity contribution is 0.140. The number of likely N-dealkylation sites (tertiary alicyclic amines) is 1. The summed E-state index contributed by atoms with van der Waals surface area (Å²) in [6.07, 6.45) is 2.10. The quantitative estimate of drug-likeness (QED) is 0.831. The number of aromatic nitrogens is 5. The third kappa shape index (κ3) is 3.14. The van der Waals surface area contributed by atoms with Gasteiger partial charge in [0, 0.05) is 31.2 Å². The summed E-state index contributed by atoms with van der Waals surface area (Å²) in [6.45, 7) is 7.15. The summed E-state index contributed by atoms with van der Waals surface area (Å²) in [4.78, 5) is 6.54. The van der Waals surface area contributed by atoms with Crippen LogP contribution in [0.1, 0.15) is 24.1 Å². The molecule has 2 aromatic rings. The van der Waals surface area contributed by atoms with E-state index in [0.717, 1.165) is 43.3 Å². The third-order valence-corrected chi connectivity index (χ3v) is 4.07. The second-order valence-electron chi connectivity index (χ2n) is 5.76. The highest BCUT2D eigenvalue weighted by Crippen LogP contribution is 2.22. The predicted molar refractivity (Wildman–Crippen MR) is 77.5 cm³/mol. The maximum Gasteiger partial charge on any atom is 0.140 e. The molecule has 0 aromatic carbocycles. The highest BCUT2D eigenvalue weighted by Gasteiger charge is 2.32. The van der Waals surface area contributed by atoms with Crippen molar-refractivity contribution in [3.63, 3.8) is 0 Å². The van der Waals surface area contributed by atoms with Gasteiger partial charge in [0.15, 0.2) is 0 Å². The molecule has 0 spiro atoms. The number of β-amino-alcohol motifs (C(OH)–C–C–N with tert-alkyl or cyclic N) is 1. The van der Waals surface area contributed by atoms with E-state index in [2.05, 4.69) is 32.1 Å². The Morgan fingerprint density at radius 1 is 1.43 bits per heavy atom. The van der Waals surface area contributed by atoms with E-state index in [9.17, 15) is 5.11 Å². The van der Waals surface area contributed by atoms with E-state index < -0.39 is 0 Å². The number of nitrogens with zero attached hydrogens (tertiary/aromatic N) is 5. The molecular weight excluding hydrogens is 268 g/mol. The van der Waals surface area contributed by atoms with Crippen LogP contribution in [0.4, 0.5) is 0 Å². The number of aryl methyl sites for hydroxylation is 2. The maximum atomic E-state index is 10.3. The number of aromatic amines is 1. The molecule has 2 N–H and O–H groups in total. The zero-order valence-corrected chi connectivity index (χ0v) is 12.5. The minimum absolute atomic E-state index is 0.227. The second-order valence-corrected chi connectivity index (χ2v) is 5.76. The molecule has 7 nitrogen and oxygen atoms in total. The van der Waals surface area contributed by atoms with Gasteiger partial charge in [-0.2, -0.15) is 10.2 Å². The van der Waals surface area contributed by atoms with Gasteiger partial charge in [-0.15, -0.1) is 0 Å². The number of aliphatic hydroxyl groups excluding tert-OH is 1. The first-order valence-corrected chi connectivity index (χ1v) is 7.43. The van der Waals surface area contributed by atoms with Gasteiger partial charge in [0.1, 0.15) is 12.2 Å². The van der Waals surface area contributed by atoms with Crippen LogP contribution in [0.25, 0.3) is 0 Å². The summed E-state index contributed by atoms with van der Waals surface area (Å²) < 4.78 is 1.90. The fraction of sp³-hybridized carbons (Fsp3) is 0.643. The van der Waals surface area contributed by atoms with E-state index in [4.69, 9.17) is 0 Å². The molecule has 1 saturated heterocycles. The summed E-state index contributed by atoms with van der Waals surface area (Å²) in [6, 6.07) is 2.04. The fourth-order valence-corrected chi connectivity index (χ4v) is 2.99. The molecule has 1 aliphatic heterocycles. The maximum absolute atomic E-state index is 10.3. The Hall–Kier alpha value is -1.73. The van der Waals surface area contributed by atoms with E-state index in [1.807, 2.05) is 17.7 Å². The van der Waals surface area contributed by atoms with Gasteiger partial charge in [-0.3, -0.25) is 10.00 Å². The number of aliphatic hydroxyl groups is 1. The molecule has 21 heavy (non-hydrogen) atoms. The van der Waals surface area contributed by atoms with Crippen molar-refractivity contribution < 1.29 is 5.11 Å². The van der Waals surface area contributed by atoms with Gasteiger partial charge < -0.3 is 5.11 Å². The van der Waals surface area contributed by atoms with E-state index in [1.54, 1.807) is 6.33 Å². The number of H-pyrrole nitrogens is 1. The number of hydrogen-bond acceptors (Lipinski definition) is 5. The van der Waals surface area contributed by atoms with Crippen LogP contribution in [0.2, 0.25) is 0 Å². The molecule has 3 rings (SSSR count). The molecule has 7 heteroatoms. The van der Waals surface area contributed by atoms with Gasteiger partial charge in [-0.25, -0.2) is 9.67 Å². The molecule has 1 aliphatic rings. The lowest BCUT2D eigenvalue weighted by Crippen LogP contribution is -2.23. The average Bonchev–Trinajstić information content (AvgIpc) is 3.13. The van der Waals surface area contributed by atoms with Crippen LogP contribution in [0.15, 0.2) is 12.4 Å². The zero-order chi connectivity index (χ0) is 14.8. The Bertz CT molecular complexity index is 592. The second kappa shape index (κ2) is 5.95. The first-order chi connectivity index (χ1) is 10.2. The minimum Gasteiger partial charge on any atom is -0.391 e. The van der Waals surface area contributed by atoms with Crippen molar-refractivity contribution in [2.75, 3.05) is 13.1 Å². The normalized spacial score (nSPS) is 23.0. The first kappa shape index (κ1) is 14.2. The highest BCUT2D eigenvalue weighted by atomic mass is 16.3. The lowest BCUT2D eigenvalue weighted by atomic mass is 10.0. The lowest BCUT2D eigenvalue weighted by Gasteiger charge is -2.14. The van der Waals surface area contributed by atoms with Crippen molar-refractivity contribution in [1.82, 2.24) is 29.9 Å². The zero-order valence-electron chi connectivity index (χ0n) is 12.5. The summed E-state index contributed by atoms with van der Waals surface area (Å²) in [7, 11) is 0. The number of rotatable bonds is 5. The summed E-state index contributed by atoms with van der Waals surface area (Å²) in [5.41, 5.74) is 2.08. The van der Waals surface area contributed by atoms with Crippen molar-refractivity contribution in [3.8, 4) is 0 Å². The predicted octanol–water partition coefficient (Wildman–Crippen LogP) is 0.365. The standard InChI is InChI=1S/C14H22N6O/c1-3-20-14(15-9-16-20)8-19-6-11(13(21)7-19)5-12-4-10(2)17-18-12/h4,9,11,13,21H,3,5-8H2,1-2H3,(H,17,18)/t11-,13-/m1/s1. The van der Waals surface area contributed by atoms with Gasteiger partial charge >= 0.3 is 0 Å². The third-order valence-electron chi connectivity index (χ3n) is 4.07. The smallest absolute Gasteiger partial charge is 0.140 e. The van der Waals surface area contributed by atoms with Crippen molar-refractivity contribution in [3.05, 3.63) is 29.6 Å². The molecule has 3 heterocycles. The van der Waals surface area contributed by atoms with Crippen LogP contribution in [-0.2, 0) is 19.5 Å². The molecule has 0 unspecified atom stereocenters. The summed E-state index contributed by atoms with van der Waals surface area (Å²) in [5.74, 6) is 1.19. The molecular formula is C14H22N6O. The molecule has 2 aromatic heterocycles. The van der Waals surface area contributed by atoms with E-state index in [0.29, 0.717) is 6.54 Å². The SMILES string of the molecule is CCn1ncnc1CN1C[C@@H](Cc2cc(C)[nH]n2)[C@H](O)C1. The van der Waals surface area contributed by atoms with E-state index in [-0.39, 0.29) is 12.0 Å². The van der Waals surface area contributed by atoms with Gasteiger partial charge in [-0.05, 0) is 26.3 Å². The Morgan fingerprint density at radius 3 is 3.00 bits per heavy atom. The monoisotopic (exact) mass is 290 g/mol. The van der Waals surface area contributed by atoms with Crippen LogP contribution >= 0.6 is 0 Å². The molecule has 0 amide bonds. The highest BCUT2D eigenvalue weighted by molar-refractivity contribution is 5.08. The number of hydrogen-bond donors (Lipinski definition) is 2. The van der Waals surface area contributed by atoms with Crippen LogP contribution in [-0.4, -0.2) is 54.2 Å². The van der Waals surface area contributed by atoms with E-state index in [1.165, 1.54) is 0 Å². The molecule has 2 atom stereocenters. The number of nitrogens with one attached hydrogen (secondary N) is 1. The molecule has 0 saturated carbocycles. The van der Waals surface area contributed by atoms with Gasteiger partial charge in [-0.1, -0.05) is 0 Å². The van der Waals surface area contributed by atoms with Crippen LogP contribution in [0.5, 0.6) is 0 Å². The van der Waals surface area contributed by atoms with Crippen molar-refractivity contribution >= 4 is 0 Å². The summed E-state index contributed by atoms with van der Waals surface area (Å²) >= 11 is 0. The van der Waals surface area contributed by atoms with Crippen LogP contribution in [0.3, 0.4) is 0 Å².